The summed E-state index contributed by atoms with van der Waals surface area (Å²) in [5.41, 5.74) is 2.93. The Kier molecular flexibility index (Phi) is 4.99. The molecule has 126 valence electrons. The molecule has 1 N–H and O–H groups in total. The van der Waals surface area contributed by atoms with Crippen molar-refractivity contribution >= 4 is 12.0 Å². The van der Waals surface area contributed by atoms with Crippen LogP contribution in [0.25, 0.3) is 17.3 Å². The second-order valence-corrected chi connectivity index (χ2v) is 5.46. The maximum atomic E-state index is 13.5. The number of halogens is 1. The van der Waals surface area contributed by atoms with Crippen LogP contribution in [0.15, 0.2) is 60.9 Å². The van der Waals surface area contributed by atoms with Crippen LogP contribution in [0, 0.1) is 5.82 Å². The van der Waals surface area contributed by atoms with Crippen molar-refractivity contribution in [2.45, 2.75) is 6.54 Å². The largest absolute Gasteiger partial charge is 0.347 e. The SMILES string of the molecule is Cn1nc(-c2cccnc2)cc1CNC(=O)C=Cc1ccccc1F. The van der Waals surface area contributed by atoms with Gasteiger partial charge in [-0.2, -0.15) is 5.10 Å². The molecule has 0 radical (unpaired) electrons. The molecule has 2 heterocycles. The summed E-state index contributed by atoms with van der Waals surface area (Å²) in [4.78, 5) is 16.0. The summed E-state index contributed by atoms with van der Waals surface area (Å²) in [6.45, 7) is 0.324. The maximum Gasteiger partial charge on any atom is 0.244 e. The number of hydrogen-bond donors (Lipinski definition) is 1. The Labute approximate surface area is 144 Å². The highest BCUT2D eigenvalue weighted by molar-refractivity contribution is 5.91. The lowest BCUT2D eigenvalue weighted by molar-refractivity contribution is -0.116. The highest BCUT2D eigenvalue weighted by atomic mass is 19.1. The number of nitrogens with zero attached hydrogens (tertiary/aromatic N) is 3. The third-order valence-corrected chi connectivity index (χ3v) is 3.70. The van der Waals surface area contributed by atoms with E-state index in [0.717, 1.165) is 17.0 Å². The van der Waals surface area contributed by atoms with Crippen molar-refractivity contribution in [2.24, 2.45) is 7.05 Å². The summed E-state index contributed by atoms with van der Waals surface area (Å²) < 4.78 is 15.2. The second kappa shape index (κ2) is 7.53. The number of aromatic nitrogens is 3. The fourth-order valence-corrected chi connectivity index (χ4v) is 2.34. The molecule has 0 aliphatic rings. The molecular formula is C19H17FN4O. The number of carbonyl (C=O) groups excluding carboxylic acids is 1. The van der Waals surface area contributed by atoms with Crippen LogP contribution in [0.3, 0.4) is 0 Å². The Morgan fingerprint density at radius 3 is 2.88 bits per heavy atom. The molecule has 2 aromatic heterocycles. The molecule has 0 saturated heterocycles. The zero-order valence-corrected chi connectivity index (χ0v) is 13.7. The maximum absolute atomic E-state index is 13.5. The Hall–Kier alpha value is -3.28. The summed E-state index contributed by atoms with van der Waals surface area (Å²) in [5.74, 6) is -0.660. The van der Waals surface area contributed by atoms with E-state index < -0.39 is 0 Å². The Morgan fingerprint density at radius 2 is 2.12 bits per heavy atom. The van der Waals surface area contributed by atoms with Gasteiger partial charge in [0.1, 0.15) is 5.82 Å². The van der Waals surface area contributed by atoms with Gasteiger partial charge in [-0.05, 0) is 30.3 Å². The summed E-state index contributed by atoms with van der Waals surface area (Å²) in [6.07, 6.45) is 6.21. The molecule has 0 aliphatic heterocycles. The third-order valence-electron chi connectivity index (χ3n) is 3.70. The van der Waals surface area contributed by atoms with Crippen LogP contribution in [0.4, 0.5) is 4.39 Å². The second-order valence-electron chi connectivity index (χ2n) is 5.46. The van der Waals surface area contributed by atoms with Crippen LogP contribution in [0.1, 0.15) is 11.3 Å². The minimum Gasteiger partial charge on any atom is -0.347 e. The van der Waals surface area contributed by atoms with E-state index in [1.807, 2.05) is 25.2 Å². The van der Waals surface area contributed by atoms with Gasteiger partial charge >= 0.3 is 0 Å². The van der Waals surface area contributed by atoms with Gasteiger partial charge in [0.25, 0.3) is 0 Å². The molecule has 1 amide bonds. The van der Waals surface area contributed by atoms with Gasteiger partial charge in [-0.15, -0.1) is 0 Å². The normalized spacial score (nSPS) is 11.0. The quantitative estimate of drug-likeness (QED) is 0.729. The van der Waals surface area contributed by atoms with Crippen LogP contribution < -0.4 is 5.32 Å². The van der Waals surface area contributed by atoms with E-state index in [0.29, 0.717) is 12.1 Å². The van der Waals surface area contributed by atoms with Gasteiger partial charge in [0, 0.05) is 36.6 Å². The van der Waals surface area contributed by atoms with Crippen LogP contribution >= 0.6 is 0 Å². The summed E-state index contributed by atoms with van der Waals surface area (Å²) in [7, 11) is 1.82. The van der Waals surface area contributed by atoms with E-state index in [1.165, 1.54) is 18.2 Å². The molecule has 0 aliphatic carbocycles. The standard InChI is InChI=1S/C19H17FN4O/c1-24-16(11-18(23-24)15-6-4-10-21-12-15)13-22-19(25)9-8-14-5-2-3-7-17(14)20/h2-12H,13H2,1H3,(H,22,25). The van der Waals surface area contributed by atoms with Crippen LogP contribution in [-0.2, 0) is 18.4 Å². The topological polar surface area (TPSA) is 59.8 Å². The van der Waals surface area contributed by atoms with Gasteiger partial charge in [-0.1, -0.05) is 18.2 Å². The van der Waals surface area contributed by atoms with E-state index in [4.69, 9.17) is 0 Å². The van der Waals surface area contributed by atoms with Crippen molar-refractivity contribution < 1.29 is 9.18 Å². The van der Waals surface area contributed by atoms with Gasteiger partial charge in [0.2, 0.25) is 5.91 Å². The molecule has 6 heteroatoms. The van der Waals surface area contributed by atoms with E-state index in [-0.39, 0.29) is 11.7 Å². The Morgan fingerprint density at radius 1 is 1.28 bits per heavy atom. The summed E-state index contributed by atoms with van der Waals surface area (Å²) in [6, 6.07) is 12.0. The molecule has 0 saturated carbocycles. The third kappa shape index (κ3) is 4.17. The van der Waals surface area contributed by atoms with E-state index >= 15 is 0 Å². The van der Waals surface area contributed by atoms with Gasteiger partial charge in [0.05, 0.1) is 17.9 Å². The van der Waals surface area contributed by atoms with Crippen molar-refractivity contribution in [1.82, 2.24) is 20.1 Å². The molecule has 25 heavy (non-hydrogen) atoms. The molecule has 0 spiro atoms. The van der Waals surface area contributed by atoms with Crippen molar-refractivity contribution in [3.05, 3.63) is 78.0 Å². The lowest BCUT2D eigenvalue weighted by Gasteiger charge is -2.02. The van der Waals surface area contributed by atoms with Crippen molar-refractivity contribution in [1.29, 1.82) is 0 Å². The van der Waals surface area contributed by atoms with Gasteiger partial charge in [-0.3, -0.25) is 14.5 Å². The molecule has 0 fully saturated rings. The summed E-state index contributed by atoms with van der Waals surface area (Å²) in [5, 5.41) is 7.19. The molecular weight excluding hydrogens is 319 g/mol. The van der Waals surface area contributed by atoms with E-state index in [2.05, 4.69) is 15.4 Å². The molecule has 0 atom stereocenters. The number of benzene rings is 1. The Bertz CT molecular complexity index is 903. The fourth-order valence-electron chi connectivity index (χ4n) is 2.34. The Balaban J connectivity index is 1.63. The highest BCUT2D eigenvalue weighted by Gasteiger charge is 2.08. The predicted octanol–water partition coefficient (Wildman–Crippen LogP) is 2.95. The monoisotopic (exact) mass is 336 g/mol. The molecule has 5 nitrogen and oxygen atoms in total. The minimum atomic E-state index is -0.362. The lowest BCUT2D eigenvalue weighted by atomic mass is 10.2. The average Bonchev–Trinajstić information content (AvgIpc) is 3.01. The van der Waals surface area contributed by atoms with Crippen LogP contribution in [0.2, 0.25) is 0 Å². The smallest absolute Gasteiger partial charge is 0.244 e. The highest BCUT2D eigenvalue weighted by Crippen LogP contribution is 2.17. The van der Waals surface area contributed by atoms with Gasteiger partial charge < -0.3 is 5.32 Å². The van der Waals surface area contributed by atoms with Crippen molar-refractivity contribution in [3.8, 4) is 11.3 Å². The van der Waals surface area contributed by atoms with Gasteiger partial charge in [-0.25, -0.2) is 4.39 Å². The first-order chi connectivity index (χ1) is 12.1. The molecule has 3 rings (SSSR count). The number of pyridine rings is 1. The van der Waals surface area contributed by atoms with Crippen LogP contribution in [-0.4, -0.2) is 20.7 Å². The van der Waals surface area contributed by atoms with E-state index in [1.54, 1.807) is 35.3 Å². The van der Waals surface area contributed by atoms with Gasteiger partial charge in [0.15, 0.2) is 0 Å². The number of nitrogens with one attached hydrogen (secondary N) is 1. The molecule has 0 bridgehead atoms. The summed E-state index contributed by atoms with van der Waals surface area (Å²) >= 11 is 0. The first kappa shape index (κ1) is 16.6. The zero-order valence-electron chi connectivity index (χ0n) is 13.7. The van der Waals surface area contributed by atoms with Crippen LogP contribution in [0.5, 0.6) is 0 Å². The predicted molar refractivity (Wildman–Crippen MR) is 93.7 cm³/mol. The average molecular weight is 336 g/mol. The fraction of sp³-hybridized carbons (Fsp3) is 0.105. The number of hydrogen-bond acceptors (Lipinski definition) is 3. The zero-order chi connectivity index (χ0) is 17.6. The number of carbonyl (C=O) groups is 1. The van der Waals surface area contributed by atoms with Crippen molar-refractivity contribution in [2.75, 3.05) is 0 Å². The van der Waals surface area contributed by atoms with E-state index in [9.17, 15) is 9.18 Å². The minimum absolute atomic E-state index is 0.299. The molecule has 3 aromatic rings. The number of amides is 1. The molecule has 0 unspecified atom stereocenters. The number of rotatable bonds is 5. The molecule has 1 aromatic carbocycles. The first-order valence-corrected chi connectivity index (χ1v) is 7.77. The first-order valence-electron chi connectivity index (χ1n) is 7.77. The number of aryl methyl sites for hydroxylation is 1. The van der Waals surface area contributed by atoms with Crippen molar-refractivity contribution in [3.63, 3.8) is 0 Å². The lowest BCUT2D eigenvalue weighted by Crippen LogP contribution is -2.21.